The van der Waals surface area contributed by atoms with Gasteiger partial charge in [0.05, 0.1) is 0 Å². The molecular weight excluding hydrogens is 150 g/mol. The molecule has 2 nitrogen and oxygen atoms in total. The molecule has 0 saturated heterocycles. The zero-order valence-corrected chi connectivity index (χ0v) is 7.68. The first kappa shape index (κ1) is 7.84. The number of allylic oxidation sites excluding steroid dienone is 2. The van der Waals surface area contributed by atoms with E-state index in [1.807, 2.05) is 0 Å². The predicted molar refractivity (Wildman–Crippen MR) is 47.6 cm³/mol. The fraction of sp³-hybridized carbons (Fsp3) is 0.700. The van der Waals surface area contributed by atoms with Crippen molar-refractivity contribution in [2.24, 2.45) is 5.41 Å². The van der Waals surface area contributed by atoms with Gasteiger partial charge in [-0.15, -0.1) is 0 Å². The molecule has 12 heavy (non-hydrogen) atoms. The molecule has 2 heteroatoms. The molecule has 1 N–H and O–H groups in total. The summed E-state index contributed by atoms with van der Waals surface area (Å²) in [5.41, 5.74) is 1.60. The van der Waals surface area contributed by atoms with Crippen molar-refractivity contribution >= 4 is 5.78 Å². The van der Waals surface area contributed by atoms with Crippen LogP contribution in [0.4, 0.5) is 0 Å². The van der Waals surface area contributed by atoms with E-state index in [9.17, 15) is 4.79 Å². The zero-order valence-electron chi connectivity index (χ0n) is 7.68. The lowest BCUT2D eigenvalue weighted by Crippen LogP contribution is -2.18. The summed E-state index contributed by atoms with van der Waals surface area (Å²) in [6, 6.07) is 0.606. The molecule has 0 aromatic carbocycles. The Labute approximate surface area is 73.0 Å². The highest BCUT2D eigenvalue weighted by Gasteiger charge is 2.46. The first-order valence-corrected chi connectivity index (χ1v) is 4.58. The zero-order chi connectivity index (χ0) is 8.77. The molecule has 0 aromatic rings. The highest BCUT2D eigenvalue weighted by atomic mass is 16.1. The van der Waals surface area contributed by atoms with E-state index in [0.29, 0.717) is 17.9 Å². The van der Waals surface area contributed by atoms with Crippen molar-refractivity contribution in [3.63, 3.8) is 0 Å². The minimum atomic E-state index is 0.274. The van der Waals surface area contributed by atoms with Crippen LogP contribution in [0.1, 0.15) is 33.1 Å². The van der Waals surface area contributed by atoms with Gasteiger partial charge >= 0.3 is 0 Å². The Morgan fingerprint density at radius 2 is 2.17 bits per heavy atom. The quantitative estimate of drug-likeness (QED) is 0.673. The van der Waals surface area contributed by atoms with Crippen LogP contribution in [0, 0.1) is 5.41 Å². The van der Waals surface area contributed by atoms with Gasteiger partial charge in [-0.25, -0.2) is 0 Å². The highest BCUT2D eigenvalue weighted by molar-refractivity contribution is 5.92. The van der Waals surface area contributed by atoms with Gasteiger partial charge in [0.25, 0.3) is 0 Å². The minimum absolute atomic E-state index is 0.274. The maximum Gasteiger partial charge on any atom is 0.157 e. The fourth-order valence-corrected chi connectivity index (χ4v) is 1.65. The summed E-state index contributed by atoms with van der Waals surface area (Å²) in [5.74, 6) is 0.274. The lowest BCUT2D eigenvalue weighted by atomic mass is 10.2. The van der Waals surface area contributed by atoms with Gasteiger partial charge < -0.3 is 5.32 Å². The summed E-state index contributed by atoms with van der Waals surface area (Å²) >= 11 is 0. The Morgan fingerprint density at radius 3 is 2.58 bits per heavy atom. The van der Waals surface area contributed by atoms with Crippen LogP contribution in [0.15, 0.2) is 11.8 Å². The van der Waals surface area contributed by atoms with Crippen molar-refractivity contribution < 1.29 is 4.79 Å². The largest absolute Gasteiger partial charge is 0.385 e. The molecule has 0 aliphatic heterocycles. The van der Waals surface area contributed by atoms with E-state index in [1.54, 1.807) is 6.08 Å². The Balaban J connectivity index is 1.89. The van der Waals surface area contributed by atoms with Gasteiger partial charge in [-0.2, -0.15) is 0 Å². The van der Waals surface area contributed by atoms with Crippen LogP contribution in [0.2, 0.25) is 0 Å². The van der Waals surface area contributed by atoms with Crippen molar-refractivity contribution in [2.45, 2.75) is 39.2 Å². The Bertz CT molecular complexity index is 253. The molecule has 66 valence electrons. The third-order valence-corrected chi connectivity index (χ3v) is 2.85. The van der Waals surface area contributed by atoms with Gasteiger partial charge in [0.1, 0.15) is 0 Å². The molecule has 1 saturated carbocycles. The second-order valence-corrected chi connectivity index (χ2v) is 4.53. The molecule has 1 unspecified atom stereocenters. The van der Waals surface area contributed by atoms with E-state index in [4.69, 9.17) is 0 Å². The summed E-state index contributed by atoms with van der Waals surface area (Å²) in [6.07, 6.45) is 4.62. The summed E-state index contributed by atoms with van der Waals surface area (Å²) in [5, 5.41) is 3.41. The molecule has 0 bridgehead atoms. The monoisotopic (exact) mass is 165 g/mol. The molecule has 0 spiro atoms. The van der Waals surface area contributed by atoms with Crippen LogP contribution in [-0.2, 0) is 4.79 Å². The van der Waals surface area contributed by atoms with E-state index < -0.39 is 0 Å². The fourth-order valence-electron chi connectivity index (χ4n) is 1.65. The Kier molecular flexibility index (Phi) is 1.53. The lowest BCUT2D eigenvalue weighted by Gasteiger charge is -2.07. The van der Waals surface area contributed by atoms with Gasteiger partial charge in [0.2, 0.25) is 0 Å². The Hall–Kier alpha value is -0.790. The van der Waals surface area contributed by atoms with Crippen molar-refractivity contribution in [3.05, 3.63) is 11.8 Å². The summed E-state index contributed by atoms with van der Waals surface area (Å²) in [4.78, 5) is 10.9. The Morgan fingerprint density at radius 1 is 1.50 bits per heavy atom. The van der Waals surface area contributed by atoms with Crippen molar-refractivity contribution in [1.29, 1.82) is 0 Å². The molecule has 0 radical (unpaired) electrons. The van der Waals surface area contributed by atoms with Crippen molar-refractivity contribution in [2.75, 3.05) is 0 Å². The molecule has 0 heterocycles. The van der Waals surface area contributed by atoms with Crippen molar-refractivity contribution in [1.82, 2.24) is 5.32 Å². The van der Waals surface area contributed by atoms with Gasteiger partial charge in [-0.3, -0.25) is 4.79 Å². The standard InChI is InChI=1S/C10H15NO/c1-10(2)6-9(10)11-7-3-4-8(12)5-7/h5,9,11H,3-4,6H2,1-2H3. The number of nitrogens with one attached hydrogen (secondary N) is 1. The number of hydrogen-bond acceptors (Lipinski definition) is 2. The van der Waals surface area contributed by atoms with E-state index >= 15 is 0 Å². The molecule has 2 aliphatic carbocycles. The number of carbonyl (C=O) groups is 1. The number of hydrogen-bond donors (Lipinski definition) is 1. The van der Waals surface area contributed by atoms with Gasteiger partial charge in [0, 0.05) is 24.2 Å². The van der Waals surface area contributed by atoms with E-state index in [2.05, 4.69) is 19.2 Å². The molecular formula is C10H15NO. The third-order valence-electron chi connectivity index (χ3n) is 2.85. The minimum Gasteiger partial charge on any atom is -0.385 e. The van der Waals surface area contributed by atoms with E-state index in [-0.39, 0.29) is 5.78 Å². The summed E-state index contributed by atoms with van der Waals surface area (Å²) < 4.78 is 0. The van der Waals surface area contributed by atoms with E-state index in [0.717, 1.165) is 12.1 Å². The maximum atomic E-state index is 10.9. The second kappa shape index (κ2) is 2.35. The van der Waals surface area contributed by atoms with Gasteiger partial charge in [-0.1, -0.05) is 13.8 Å². The van der Waals surface area contributed by atoms with Crippen LogP contribution in [0.5, 0.6) is 0 Å². The summed E-state index contributed by atoms with van der Waals surface area (Å²) in [7, 11) is 0. The topological polar surface area (TPSA) is 29.1 Å². The predicted octanol–water partition coefficient (Wildman–Crippen LogP) is 1.62. The van der Waals surface area contributed by atoms with Crippen LogP contribution >= 0.6 is 0 Å². The van der Waals surface area contributed by atoms with Crippen LogP contribution in [0.3, 0.4) is 0 Å². The highest BCUT2D eigenvalue weighted by Crippen LogP contribution is 2.45. The first-order valence-electron chi connectivity index (χ1n) is 4.58. The first-order chi connectivity index (χ1) is 5.58. The van der Waals surface area contributed by atoms with Crippen LogP contribution < -0.4 is 5.32 Å². The number of ketones is 1. The normalized spacial score (nSPS) is 31.7. The molecule has 1 fully saturated rings. The third kappa shape index (κ3) is 1.38. The average molecular weight is 165 g/mol. The van der Waals surface area contributed by atoms with Gasteiger partial charge in [0.15, 0.2) is 5.78 Å². The smallest absolute Gasteiger partial charge is 0.157 e. The molecule has 0 amide bonds. The van der Waals surface area contributed by atoms with E-state index in [1.165, 1.54) is 6.42 Å². The maximum absolute atomic E-state index is 10.9. The molecule has 2 rings (SSSR count). The number of carbonyl (C=O) groups excluding carboxylic acids is 1. The lowest BCUT2D eigenvalue weighted by molar-refractivity contribution is -0.114. The van der Waals surface area contributed by atoms with Gasteiger partial charge in [-0.05, 0) is 18.3 Å². The van der Waals surface area contributed by atoms with Crippen LogP contribution in [0.25, 0.3) is 0 Å². The molecule has 1 atom stereocenters. The summed E-state index contributed by atoms with van der Waals surface area (Å²) in [6.45, 7) is 4.50. The number of rotatable bonds is 2. The van der Waals surface area contributed by atoms with Crippen LogP contribution in [-0.4, -0.2) is 11.8 Å². The molecule has 0 aromatic heterocycles. The molecule has 2 aliphatic rings. The second-order valence-electron chi connectivity index (χ2n) is 4.53. The SMILES string of the molecule is CC1(C)CC1NC1=CC(=O)CC1. The average Bonchev–Trinajstić information content (AvgIpc) is 2.41. The van der Waals surface area contributed by atoms with Crippen molar-refractivity contribution in [3.8, 4) is 0 Å².